The molecule has 4 unspecified atom stereocenters. The fourth-order valence-corrected chi connectivity index (χ4v) is 7.18. The van der Waals surface area contributed by atoms with Crippen LogP contribution >= 0.6 is 0 Å². The normalized spacial score (nSPS) is 41.3. The number of carbonyl (C=O) groups excluding carboxylic acids is 4. The van der Waals surface area contributed by atoms with Crippen molar-refractivity contribution in [2.45, 2.75) is 12.8 Å². The van der Waals surface area contributed by atoms with Gasteiger partial charge in [-0.25, -0.2) is 4.79 Å². The third-order valence-electron chi connectivity index (χ3n) is 7.86. The topological polar surface area (TPSA) is 90.0 Å². The Hall–Kier alpha value is -2.70. The summed E-state index contributed by atoms with van der Waals surface area (Å²) in [6.07, 6.45) is 1.27. The summed E-state index contributed by atoms with van der Waals surface area (Å²) in [5.41, 5.74) is 0.124. The Morgan fingerprint density at radius 2 is 1.67 bits per heavy atom. The van der Waals surface area contributed by atoms with Gasteiger partial charge in [0.15, 0.2) is 0 Å². The molecule has 4 atom stereocenters. The fraction of sp³-hybridized carbons (Fsp3) is 0.500. The number of carbonyl (C=O) groups is 4. The molecule has 1 aromatic carbocycles. The number of hydrogen-bond acceptors (Lipinski definition) is 6. The van der Waals surface area contributed by atoms with E-state index in [4.69, 9.17) is 9.57 Å². The van der Waals surface area contributed by atoms with Gasteiger partial charge in [0.25, 0.3) is 11.8 Å². The Bertz CT molecular complexity index is 901. The van der Waals surface area contributed by atoms with Gasteiger partial charge in [-0.1, -0.05) is 17.2 Å². The van der Waals surface area contributed by atoms with E-state index in [2.05, 4.69) is 0 Å². The second-order valence-corrected chi connectivity index (χ2v) is 8.35. The van der Waals surface area contributed by atoms with Crippen LogP contribution in [-0.2, 0) is 19.2 Å². The van der Waals surface area contributed by atoms with Crippen molar-refractivity contribution in [3.63, 3.8) is 0 Å². The van der Waals surface area contributed by atoms with Crippen LogP contribution in [-0.4, -0.2) is 35.9 Å². The van der Waals surface area contributed by atoms with Crippen LogP contribution in [0.1, 0.15) is 33.6 Å². The van der Waals surface area contributed by atoms with Gasteiger partial charge in [-0.2, -0.15) is 0 Å². The molecular weight excluding hydrogens is 350 g/mol. The second-order valence-electron chi connectivity index (χ2n) is 8.35. The van der Waals surface area contributed by atoms with Crippen molar-refractivity contribution in [2.24, 2.45) is 40.9 Å². The van der Waals surface area contributed by atoms with Crippen LogP contribution in [0.2, 0.25) is 0 Å². The minimum absolute atomic E-state index is 0.0838. The molecule has 0 spiro atoms. The highest BCUT2D eigenvalue weighted by Crippen LogP contribution is 2.93. The summed E-state index contributed by atoms with van der Waals surface area (Å²) in [5.74, 6) is -0.0496. The highest BCUT2D eigenvalue weighted by molar-refractivity contribution is 6.20. The van der Waals surface area contributed by atoms with E-state index in [1.54, 1.807) is 12.1 Å². The maximum atomic E-state index is 12.5. The van der Waals surface area contributed by atoms with E-state index in [1.165, 1.54) is 19.2 Å². The van der Waals surface area contributed by atoms with Crippen LogP contribution in [0.15, 0.2) is 24.3 Å². The van der Waals surface area contributed by atoms with Crippen molar-refractivity contribution in [1.82, 2.24) is 5.06 Å². The molecular formula is C20H17NO6. The summed E-state index contributed by atoms with van der Waals surface area (Å²) in [5, 5.41) is 0.560. The molecule has 0 aromatic heterocycles. The molecule has 5 aliphatic rings. The van der Waals surface area contributed by atoms with E-state index in [9.17, 15) is 19.2 Å². The quantitative estimate of drug-likeness (QED) is 0.591. The number of esters is 1. The number of benzene rings is 1. The van der Waals surface area contributed by atoms with E-state index in [0.29, 0.717) is 22.8 Å². The SMILES string of the molecule is COC(=O)C12C3C(CC(=O)ON4C(=O)c5ccccc5C4=O)C1C1CC3C12. The Morgan fingerprint density at radius 1 is 1.07 bits per heavy atom. The molecule has 1 aliphatic heterocycles. The molecule has 1 aromatic rings. The van der Waals surface area contributed by atoms with E-state index >= 15 is 0 Å². The second kappa shape index (κ2) is 4.58. The molecule has 0 radical (unpaired) electrons. The molecule has 0 N–H and O–H groups in total. The van der Waals surface area contributed by atoms with Gasteiger partial charge < -0.3 is 9.57 Å². The monoisotopic (exact) mass is 367 g/mol. The number of nitrogens with zero attached hydrogens (tertiary/aromatic N) is 1. The lowest BCUT2D eigenvalue weighted by atomic mass is 9.10. The molecule has 4 saturated carbocycles. The van der Waals surface area contributed by atoms with Crippen molar-refractivity contribution in [3.8, 4) is 0 Å². The maximum Gasteiger partial charge on any atom is 0.333 e. The first-order valence-electron chi connectivity index (χ1n) is 9.28. The molecule has 7 nitrogen and oxygen atoms in total. The van der Waals surface area contributed by atoms with Crippen LogP contribution in [0.5, 0.6) is 0 Å². The highest BCUT2D eigenvalue weighted by atomic mass is 16.7. The molecule has 2 amide bonds. The summed E-state index contributed by atoms with van der Waals surface area (Å²) >= 11 is 0. The lowest BCUT2D eigenvalue weighted by Gasteiger charge is -2.92. The number of hydroxylamine groups is 2. The molecule has 4 fully saturated rings. The number of hydrogen-bond donors (Lipinski definition) is 0. The van der Waals surface area contributed by atoms with Crippen molar-refractivity contribution >= 4 is 23.8 Å². The van der Waals surface area contributed by atoms with Gasteiger partial charge in [0, 0.05) is 0 Å². The summed E-state index contributed by atoms with van der Waals surface area (Å²) in [7, 11) is 1.42. The molecule has 6 rings (SSSR count). The average Bonchev–Trinajstić information content (AvgIpc) is 2.91. The molecule has 0 bridgehead atoms. The first-order chi connectivity index (χ1) is 13.0. The largest absolute Gasteiger partial charge is 0.469 e. The van der Waals surface area contributed by atoms with Gasteiger partial charge in [-0.05, 0) is 54.1 Å². The van der Waals surface area contributed by atoms with Gasteiger partial charge in [0.05, 0.1) is 30.1 Å². The molecule has 1 heterocycles. The first kappa shape index (κ1) is 15.4. The maximum absolute atomic E-state index is 12.5. The first-order valence-corrected chi connectivity index (χ1v) is 9.28. The Labute approximate surface area is 154 Å². The third-order valence-corrected chi connectivity index (χ3v) is 7.86. The van der Waals surface area contributed by atoms with Crippen LogP contribution in [0.25, 0.3) is 0 Å². The van der Waals surface area contributed by atoms with E-state index in [-0.39, 0.29) is 46.7 Å². The number of rotatable bonds is 4. The zero-order valence-electron chi connectivity index (χ0n) is 14.6. The van der Waals surface area contributed by atoms with Crippen LogP contribution in [0.4, 0.5) is 0 Å². The van der Waals surface area contributed by atoms with Gasteiger partial charge >= 0.3 is 11.9 Å². The Balaban J connectivity index is 1.16. The summed E-state index contributed by atoms with van der Waals surface area (Å²) in [6, 6.07) is 6.39. The van der Waals surface area contributed by atoms with E-state index in [1.807, 2.05) is 0 Å². The van der Waals surface area contributed by atoms with Crippen molar-refractivity contribution < 1.29 is 28.8 Å². The number of methoxy groups -OCH3 is 1. The van der Waals surface area contributed by atoms with Crippen molar-refractivity contribution in [3.05, 3.63) is 35.4 Å². The van der Waals surface area contributed by atoms with Crippen LogP contribution < -0.4 is 0 Å². The molecule has 138 valence electrons. The average molecular weight is 367 g/mol. The summed E-state index contributed by atoms with van der Waals surface area (Å²) < 4.78 is 5.02. The number of fused-ring (bicyclic) bond motifs is 3. The van der Waals surface area contributed by atoms with E-state index < -0.39 is 17.8 Å². The van der Waals surface area contributed by atoms with E-state index in [0.717, 1.165) is 6.42 Å². The molecule has 27 heavy (non-hydrogen) atoms. The van der Waals surface area contributed by atoms with Crippen LogP contribution in [0, 0.1) is 40.9 Å². The fourth-order valence-electron chi connectivity index (χ4n) is 7.18. The highest BCUT2D eigenvalue weighted by Gasteiger charge is 2.94. The minimum atomic E-state index is -0.614. The van der Waals surface area contributed by atoms with Crippen molar-refractivity contribution in [2.75, 3.05) is 7.11 Å². The smallest absolute Gasteiger partial charge is 0.333 e. The molecule has 0 saturated heterocycles. The standard InChI is InChI=1S/C20H17NO6/c1-26-19(25)20-14-10-6-11(14)16(20)12(15(10)20)7-13(22)27-21-17(23)8-4-2-3-5-9(8)18(21)24/h2-5,10-12,14-16H,6-7H2,1H3. The van der Waals surface area contributed by atoms with Crippen LogP contribution in [0.3, 0.4) is 0 Å². The predicted molar refractivity (Wildman–Crippen MR) is 87.7 cm³/mol. The molecule has 4 aliphatic carbocycles. The number of amides is 2. The minimum Gasteiger partial charge on any atom is -0.469 e. The Kier molecular flexibility index (Phi) is 2.61. The lowest BCUT2D eigenvalue weighted by molar-refractivity contribution is -0.453. The van der Waals surface area contributed by atoms with Gasteiger partial charge in [0.2, 0.25) is 0 Å². The summed E-state index contributed by atoms with van der Waals surface area (Å²) in [4.78, 5) is 54.5. The van der Waals surface area contributed by atoms with Gasteiger partial charge in [-0.15, -0.1) is 0 Å². The molecule has 7 heteroatoms. The Morgan fingerprint density at radius 3 is 2.22 bits per heavy atom. The number of imide groups is 1. The third kappa shape index (κ3) is 1.42. The predicted octanol–water partition coefficient (Wildman–Crippen LogP) is 1.43. The zero-order chi connectivity index (χ0) is 18.7. The number of ether oxygens (including phenoxy) is 1. The zero-order valence-corrected chi connectivity index (χ0v) is 14.6. The lowest BCUT2D eigenvalue weighted by Crippen LogP contribution is -2.92. The van der Waals surface area contributed by atoms with Crippen molar-refractivity contribution in [1.29, 1.82) is 0 Å². The summed E-state index contributed by atoms with van der Waals surface area (Å²) in [6.45, 7) is 0. The van der Waals surface area contributed by atoms with Gasteiger partial charge in [-0.3, -0.25) is 14.4 Å². The van der Waals surface area contributed by atoms with Gasteiger partial charge in [0.1, 0.15) is 0 Å².